The molecule has 1 saturated carbocycles. The molecular formula is C26H39NO8. The molecule has 0 amide bonds. The number of aliphatic hydroxyl groups excluding tert-OH is 2. The number of hydrogen-bond donors (Lipinski definition) is 4. The number of carboxylic acid groups (broad SMARTS) is 1. The van der Waals surface area contributed by atoms with Gasteiger partial charge in [-0.25, -0.2) is 0 Å². The van der Waals surface area contributed by atoms with E-state index < -0.39 is 47.0 Å². The molecule has 6 atom stereocenters. The number of carboxylic acids is 1. The zero-order valence-corrected chi connectivity index (χ0v) is 20.5. The molecule has 0 aromatic heterocycles. The predicted octanol–water partition coefficient (Wildman–Crippen LogP) is 2.35. The summed E-state index contributed by atoms with van der Waals surface area (Å²) in [5.74, 6) is -4.16. The third kappa shape index (κ3) is 6.07. The first-order valence-corrected chi connectivity index (χ1v) is 12.9. The maximum atomic E-state index is 12.9. The van der Waals surface area contributed by atoms with Gasteiger partial charge in [0.15, 0.2) is 11.6 Å². The summed E-state index contributed by atoms with van der Waals surface area (Å²) in [5.41, 5.74) is -0.344. The fourth-order valence-corrected chi connectivity index (χ4v) is 5.88. The molecule has 4 N–H and O–H groups in total. The number of allylic oxidation sites excluding steroid dienone is 2. The van der Waals surface area contributed by atoms with Crippen LogP contribution in [-0.4, -0.2) is 74.3 Å². The Kier molecular flexibility index (Phi) is 9.37. The summed E-state index contributed by atoms with van der Waals surface area (Å²) in [6.45, 7) is 2.16. The van der Waals surface area contributed by atoms with Gasteiger partial charge in [0.25, 0.3) is 0 Å². The second-order valence-corrected chi connectivity index (χ2v) is 10.2. The van der Waals surface area contributed by atoms with Gasteiger partial charge in [0.05, 0.1) is 25.2 Å². The Balaban J connectivity index is 1.65. The Hall–Kier alpha value is -1.94. The van der Waals surface area contributed by atoms with Gasteiger partial charge in [0.2, 0.25) is 5.79 Å². The van der Waals surface area contributed by atoms with Crippen LogP contribution in [-0.2, 0) is 19.1 Å². The van der Waals surface area contributed by atoms with Crippen LogP contribution in [0.15, 0.2) is 17.1 Å². The van der Waals surface area contributed by atoms with E-state index in [1.807, 2.05) is 19.1 Å². The molecular weight excluding hydrogens is 454 g/mol. The van der Waals surface area contributed by atoms with Crippen LogP contribution in [0.25, 0.3) is 0 Å². The number of aliphatic hydroxyl groups is 3. The molecule has 2 fully saturated rings. The molecule has 9 nitrogen and oxygen atoms in total. The highest BCUT2D eigenvalue weighted by Crippen LogP contribution is 2.56. The standard InChI is InChI=1S/C26H39NO8/c1-2-3-7-10-17-20(13-19(29)18(28)11-8-5-4-6-9-12-24(32)33)35-26(34)16-25(17)21(14-22(26)30)27-15-23(25)31/h3,7,17-18,20,23,28,31,34H,2,4-6,8-16H2,1H3,(H,32,33)/t17-,18-,20-,23+,25?,26-/m0/s1. The van der Waals surface area contributed by atoms with E-state index in [-0.39, 0.29) is 44.6 Å². The molecule has 1 spiro atoms. The van der Waals surface area contributed by atoms with E-state index in [0.717, 1.165) is 25.7 Å². The zero-order valence-electron chi connectivity index (χ0n) is 20.5. The lowest BCUT2D eigenvalue weighted by Crippen LogP contribution is -2.67. The number of ether oxygens (including phenoxy) is 1. The molecule has 1 saturated heterocycles. The number of unbranched alkanes of at least 4 members (excludes halogenated alkanes) is 4. The van der Waals surface area contributed by atoms with Gasteiger partial charge in [-0.3, -0.25) is 19.4 Å². The lowest BCUT2D eigenvalue weighted by atomic mass is 9.56. The van der Waals surface area contributed by atoms with Crippen molar-refractivity contribution >= 4 is 23.2 Å². The topological polar surface area (TPSA) is 154 Å². The van der Waals surface area contributed by atoms with Crippen molar-refractivity contribution in [2.24, 2.45) is 16.3 Å². The minimum Gasteiger partial charge on any atom is -0.481 e. The van der Waals surface area contributed by atoms with Crippen LogP contribution in [0.2, 0.25) is 0 Å². The van der Waals surface area contributed by atoms with Crippen molar-refractivity contribution in [1.82, 2.24) is 0 Å². The van der Waals surface area contributed by atoms with Crippen LogP contribution in [0.3, 0.4) is 0 Å². The molecule has 0 aromatic carbocycles. The largest absolute Gasteiger partial charge is 0.481 e. The SMILES string of the molecule is CCC=CC[C@H]1[C@H](CC(=O)[C@@H](O)CCCCCCCC(=O)O)O[C@@]2(O)CC13C(=NC[C@H]3O)CC2=O. The molecule has 3 aliphatic rings. The summed E-state index contributed by atoms with van der Waals surface area (Å²) in [7, 11) is 0. The average molecular weight is 494 g/mol. The molecule has 2 aliphatic heterocycles. The third-order valence-electron chi connectivity index (χ3n) is 7.77. The van der Waals surface area contributed by atoms with Gasteiger partial charge in [-0.1, -0.05) is 44.8 Å². The molecule has 2 heterocycles. The summed E-state index contributed by atoms with van der Waals surface area (Å²) in [6.07, 6.45) is 6.20. The molecule has 0 aromatic rings. The van der Waals surface area contributed by atoms with Crippen LogP contribution in [0.5, 0.6) is 0 Å². The van der Waals surface area contributed by atoms with Crippen LogP contribution in [0.4, 0.5) is 0 Å². The first kappa shape index (κ1) is 27.6. The zero-order chi connectivity index (χ0) is 25.6. The molecule has 1 unspecified atom stereocenters. The van der Waals surface area contributed by atoms with E-state index in [9.17, 15) is 29.7 Å². The minimum absolute atomic E-state index is 0.0708. The number of Topliss-reactive ketones (excluding diaryl/α,β-unsaturated/α-hetero) is 2. The smallest absolute Gasteiger partial charge is 0.303 e. The van der Waals surface area contributed by atoms with E-state index in [1.165, 1.54) is 0 Å². The average Bonchev–Trinajstić information content (AvgIpc) is 3.10. The first-order valence-electron chi connectivity index (χ1n) is 12.9. The fraction of sp³-hybridized carbons (Fsp3) is 0.769. The summed E-state index contributed by atoms with van der Waals surface area (Å²) < 4.78 is 5.89. The molecule has 35 heavy (non-hydrogen) atoms. The lowest BCUT2D eigenvalue weighted by molar-refractivity contribution is -0.285. The number of carbonyl (C=O) groups is 3. The lowest BCUT2D eigenvalue weighted by Gasteiger charge is -2.55. The quantitative estimate of drug-likeness (QED) is 0.212. The van der Waals surface area contributed by atoms with Gasteiger partial charge in [0.1, 0.15) is 6.10 Å². The highest BCUT2D eigenvalue weighted by Gasteiger charge is 2.67. The maximum absolute atomic E-state index is 12.9. The van der Waals surface area contributed by atoms with Crippen LogP contribution < -0.4 is 0 Å². The molecule has 9 heteroatoms. The predicted molar refractivity (Wildman–Crippen MR) is 128 cm³/mol. The number of aliphatic carboxylic acids is 1. The van der Waals surface area contributed by atoms with Gasteiger partial charge < -0.3 is 25.2 Å². The van der Waals surface area contributed by atoms with E-state index in [0.29, 0.717) is 25.0 Å². The van der Waals surface area contributed by atoms with Gasteiger partial charge in [-0.15, -0.1) is 0 Å². The van der Waals surface area contributed by atoms with Crippen molar-refractivity contribution in [3.63, 3.8) is 0 Å². The summed E-state index contributed by atoms with van der Waals surface area (Å²) in [4.78, 5) is 40.6. The minimum atomic E-state index is -2.07. The van der Waals surface area contributed by atoms with Crippen LogP contribution >= 0.6 is 0 Å². The second kappa shape index (κ2) is 11.9. The van der Waals surface area contributed by atoms with E-state index in [4.69, 9.17) is 9.84 Å². The normalized spacial score (nSPS) is 33.0. The van der Waals surface area contributed by atoms with E-state index in [2.05, 4.69) is 4.99 Å². The molecule has 2 bridgehead atoms. The van der Waals surface area contributed by atoms with Crippen LogP contribution in [0.1, 0.15) is 84.0 Å². The van der Waals surface area contributed by atoms with E-state index in [1.54, 1.807) is 0 Å². The van der Waals surface area contributed by atoms with Crippen molar-refractivity contribution in [3.05, 3.63) is 12.2 Å². The summed E-state index contributed by atoms with van der Waals surface area (Å²) in [5, 5.41) is 41.2. The van der Waals surface area contributed by atoms with Crippen molar-refractivity contribution in [2.75, 3.05) is 6.54 Å². The first-order chi connectivity index (χ1) is 16.6. The van der Waals surface area contributed by atoms with Gasteiger partial charge in [0, 0.05) is 36.3 Å². The Bertz CT molecular complexity index is 854. The van der Waals surface area contributed by atoms with Gasteiger partial charge >= 0.3 is 5.97 Å². The number of hydrogen-bond acceptors (Lipinski definition) is 8. The van der Waals surface area contributed by atoms with Crippen LogP contribution in [0, 0.1) is 11.3 Å². The Morgan fingerprint density at radius 2 is 1.91 bits per heavy atom. The highest BCUT2D eigenvalue weighted by atomic mass is 16.6. The van der Waals surface area contributed by atoms with Crippen molar-refractivity contribution in [2.45, 2.75) is 108 Å². The highest BCUT2D eigenvalue weighted by molar-refractivity contribution is 6.11. The third-order valence-corrected chi connectivity index (χ3v) is 7.77. The monoisotopic (exact) mass is 493 g/mol. The second-order valence-electron chi connectivity index (χ2n) is 10.2. The Morgan fingerprint density at radius 1 is 1.20 bits per heavy atom. The summed E-state index contributed by atoms with van der Waals surface area (Å²) in [6, 6.07) is 0. The van der Waals surface area contributed by atoms with E-state index >= 15 is 0 Å². The molecule has 196 valence electrons. The molecule has 0 radical (unpaired) electrons. The van der Waals surface area contributed by atoms with Crippen molar-refractivity contribution in [3.8, 4) is 0 Å². The van der Waals surface area contributed by atoms with Crippen molar-refractivity contribution < 1.29 is 39.5 Å². The molecule has 3 rings (SSSR count). The number of ketones is 2. The number of fused-ring (bicyclic) bond motifs is 1. The number of aliphatic imine (C=N–C) groups is 1. The Labute approximate surface area is 206 Å². The van der Waals surface area contributed by atoms with Gasteiger partial charge in [-0.05, 0) is 25.7 Å². The Morgan fingerprint density at radius 3 is 2.63 bits per heavy atom. The molecule has 1 aliphatic carbocycles. The maximum Gasteiger partial charge on any atom is 0.303 e. The number of carbonyl (C=O) groups excluding carboxylic acids is 2. The number of rotatable bonds is 14. The van der Waals surface area contributed by atoms with Crippen molar-refractivity contribution in [1.29, 1.82) is 0 Å². The van der Waals surface area contributed by atoms with Gasteiger partial charge in [-0.2, -0.15) is 0 Å². The fourth-order valence-electron chi connectivity index (χ4n) is 5.88. The number of nitrogens with zero attached hydrogens (tertiary/aromatic N) is 1. The summed E-state index contributed by atoms with van der Waals surface area (Å²) >= 11 is 0.